The molecule has 3 rings (SSSR count). The van der Waals surface area contributed by atoms with E-state index >= 15 is 0 Å². The molecule has 1 amide bonds. The van der Waals surface area contributed by atoms with Crippen molar-refractivity contribution in [3.05, 3.63) is 47.3 Å². The fourth-order valence-corrected chi connectivity index (χ4v) is 5.53. The number of carbonyl (C=O) groups is 2. The number of aliphatic carboxylic acids is 1. The summed E-state index contributed by atoms with van der Waals surface area (Å²) in [6.45, 7) is 0. The fraction of sp³-hybridized carbons (Fsp3) is 0.294. The Hall–Kier alpha value is -2.19. The summed E-state index contributed by atoms with van der Waals surface area (Å²) in [5.41, 5.74) is 0. The Labute approximate surface area is 149 Å². The number of hydrogen-bond acceptors (Lipinski definition) is 5. The van der Waals surface area contributed by atoms with Crippen LogP contribution in [0.25, 0.3) is 0 Å². The summed E-state index contributed by atoms with van der Waals surface area (Å²) in [7, 11) is -3.64. The normalized spacial score (nSPS) is 20.3. The first-order valence-electron chi connectivity index (χ1n) is 7.81. The maximum Gasteiger partial charge on any atom is 0.306 e. The first-order valence-corrected chi connectivity index (χ1v) is 10.1. The third kappa shape index (κ3) is 3.74. The number of hydrogen-bond donors (Lipinski definition) is 2. The maximum absolute atomic E-state index is 12.5. The van der Waals surface area contributed by atoms with Gasteiger partial charge in [-0.3, -0.25) is 9.59 Å². The lowest BCUT2D eigenvalue weighted by Crippen LogP contribution is -2.32. The van der Waals surface area contributed by atoms with Gasteiger partial charge in [0.2, 0.25) is 9.84 Å². The summed E-state index contributed by atoms with van der Waals surface area (Å²) in [4.78, 5) is 23.8. The van der Waals surface area contributed by atoms with Crippen molar-refractivity contribution in [2.24, 2.45) is 5.92 Å². The van der Waals surface area contributed by atoms with Crippen LogP contribution in [0.2, 0.25) is 0 Å². The Morgan fingerprint density at radius 3 is 2.44 bits per heavy atom. The molecule has 0 radical (unpaired) electrons. The zero-order valence-electron chi connectivity index (χ0n) is 13.2. The number of carboxylic acids is 1. The van der Waals surface area contributed by atoms with Crippen LogP contribution in [0, 0.1) is 5.92 Å². The molecule has 6 nitrogen and oxygen atoms in total. The number of carboxylic acid groups (broad SMARTS) is 1. The minimum Gasteiger partial charge on any atom is -0.481 e. The smallest absolute Gasteiger partial charge is 0.306 e. The molecule has 1 saturated carbocycles. The average molecular weight is 379 g/mol. The lowest BCUT2D eigenvalue weighted by molar-refractivity contribution is -0.141. The van der Waals surface area contributed by atoms with Crippen LogP contribution in [0.15, 0.2) is 51.6 Å². The topological polar surface area (TPSA) is 101 Å². The van der Waals surface area contributed by atoms with E-state index in [0.717, 1.165) is 11.3 Å². The molecule has 1 aromatic heterocycles. The van der Waals surface area contributed by atoms with Crippen molar-refractivity contribution in [1.82, 2.24) is 5.32 Å². The van der Waals surface area contributed by atoms with E-state index in [1.54, 1.807) is 18.2 Å². The largest absolute Gasteiger partial charge is 0.481 e. The number of nitrogens with one attached hydrogen (secondary N) is 1. The number of thiophene rings is 1. The standard InChI is InChI=1S/C17H17NO5S2/c19-16(18-12-7-6-11(10-12)17(20)21)14-8-9-15(24-14)25(22,23)13-4-2-1-3-5-13/h1-5,8-9,11-12H,6-7,10H2,(H,18,19)(H,20,21)/t11-,12+/m1/s1. The zero-order chi connectivity index (χ0) is 18.0. The molecule has 25 heavy (non-hydrogen) atoms. The van der Waals surface area contributed by atoms with Gasteiger partial charge >= 0.3 is 5.97 Å². The van der Waals surface area contributed by atoms with E-state index in [1.807, 2.05) is 0 Å². The van der Waals surface area contributed by atoms with Crippen LogP contribution in [0.5, 0.6) is 0 Å². The molecule has 0 saturated heterocycles. The van der Waals surface area contributed by atoms with Gasteiger partial charge in [-0.1, -0.05) is 18.2 Å². The van der Waals surface area contributed by atoms with E-state index < -0.39 is 21.7 Å². The second-order valence-electron chi connectivity index (χ2n) is 5.95. The van der Waals surface area contributed by atoms with Gasteiger partial charge in [-0.25, -0.2) is 8.42 Å². The summed E-state index contributed by atoms with van der Waals surface area (Å²) in [5.74, 6) is -1.64. The van der Waals surface area contributed by atoms with Gasteiger partial charge in [-0.2, -0.15) is 0 Å². The van der Waals surface area contributed by atoms with E-state index in [-0.39, 0.29) is 21.1 Å². The van der Waals surface area contributed by atoms with Crippen molar-refractivity contribution < 1.29 is 23.1 Å². The van der Waals surface area contributed by atoms with E-state index in [1.165, 1.54) is 24.3 Å². The highest BCUT2D eigenvalue weighted by molar-refractivity contribution is 7.93. The van der Waals surface area contributed by atoms with Gasteiger partial charge < -0.3 is 10.4 Å². The van der Waals surface area contributed by atoms with Crippen molar-refractivity contribution in [3.63, 3.8) is 0 Å². The van der Waals surface area contributed by atoms with Crippen LogP contribution in [-0.2, 0) is 14.6 Å². The molecule has 0 unspecified atom stereocenters. The Balaban J connectivity index is 1.71. The number of carbonyl (C=O) groups excluding carboxylic acids is 1. The molecule has 1 aliphatic rings. The molecule has 1 heterocycles. The zero-order valence-corrected chi connectivity index (χ0v) is 14.8. The van der Waals surface area contributed by atoms with Gasteiger partial charge in [-0.05, 0) is 43.5 Å². The molecule has 0 aliphatic heterocycles. The summed E-state index contributed by atoms with van der Waals surface area (Å²) in [5, 5.41) is 11.8. The van der Waals surface area contributed by atoms with Crippen molar-refractivity contribution >= 4 is 33.1 Å². The highest BCUT2D eigenvalue weighted by Gasteiger charge is 2.31. The van der Waals surface area contributed by atoms with Gasteiger partial charge in [0.05, 0.1) is 15.7 Å². The van der Waals surface area contributed by atoms with E-state index in [0.29, 0.717) is 24.1 Å². The highest BCUT2D eigenvalue weighted by Crippen LogP contribution is 2.29. The van der Waals surface area contributed by atoms with Crippen molar-refractivity contribution in [2.75, 3.05) is 0 Å². The van der Waals surface area contributed by atoms with Crippen LogP contribution >= 0.6 is 11.3 Å². The molecule has 2 aromatic rings. The van der Waals surface area contributed by atoms with Crippen LogP contribution in [0.4, 0.5) is 0 Å². The SMILES string of the molecule is O=C(N[C@H]1CC[C@@H](C(=O)O)C1)c1ccc(S(=O)(=O)c2ccccc2)s1. The van der Waals surface area contributed by atoms with Crippen molar-refractivity contribution in [3.8, 4) is 0 Å². The number of rotatable bonds is 5. The minimum absolute atomic E-state index is 0.110. The monoisotopic (exact) mass is 379 g/mol. The molecular formula is C17H17NO5S2. The van der Waals surface area contributed by atoms with Crippen LogP contribution in [0.1, 0.15) is 28.9 Å². The van der Waals surface area contributed by atoms with Gasteiger partial charge in [0, 0.05) is 6.04 Å². The van der Waals surface area contributed by atoms with Gasteiger partial charge in [0.15, 0.2) is 0 Å². The molecule has 0 spiro atoms. The summed E-state index contributed by atoms with van der Waals surface area (Å²) < 4.78 is 25.2. The highest BCUT2D eigenvalue weighted by atomic mass is 32.2. The van der Waals surface area contributed by atoms with Crippen molar-refractivity contribution in [2.45, 2.75) is 34.4 Å². The molecule has 8 heteroatoms. The Morgan fingerprint density at radius 2 is 1.80 bits per heavy atom. The third-order valence-electron chi connectivity index (χ3n) is 4.24. The second-order valence-corrected chi connectivity index (χ2v) is 9.21. The van der Waals surface area contributed by atoms with Gasteiger partial charge in [0.1, 0.15) is 4.21 Å². The molecule has 1 aromatic carbocycles. The quantitative estimate of drug-likeness (QED) is 0.831. The predicted octanol–water partition coefficient (Wildman–Crippen LogP) is 2.56. The van der Waals surface area contributed by atoms with Crippen molar-refractivity contribution in [1.29, 1.82) is 0 Å². The van der Waals surface area contributed by atoms with Crippen LogP contribution < -0.4 is 5.32 Å². The minimum atomic E-state index is -3.64. The summed E-state index contributed by atoms with van der Waals surface area (Å²) in [6, 6.07) is 10.8. The Bertz CT molecular complexity index is 889. The van der Waals surface area contributed by atoms with E-state index in [9.17, 15) is 18.0 Å². The molecule has 0 bridgehead atoms. The molecule has 2 atom stereocenters. The molecular weight excluding hydrogens is 362 g/mol. The summed E-state index contributed by atoms with van der Waals surface area (Å²) >= 11 is 0.917. The Morgan fingerprint density at radius 1 is 1.08 bits per heavy atom. The lowest BCUT2D eigenvalue weighted by Gasteiger charge is -2.11. The average Bonchev–Trinajstić information content (AvgIpc) is 3.25. The maximum atomic E-state index is 12.5. The first-order chi connectivity index (χ1) is 11.9. The van der Waals surface area contributed by atoms with E-state index in [2.05, 4.69) is 5.32 Å². The van der Waals surface area contributed by atoms with Gasteiger partial charge in [-0.15, -0.1) is 11.3 Å². The fourth-order valence-electron chi connectivity index (χ4n) is 2.90. The first kappa shape index (κ1) is 17.6. The Kier molecular flexibility index (Phi) is 4.91. The third-order valence-corrected chi connectivity index (χ3v) is 7.59. The molecule has 1 aliphatic carbocycles. The van der Waals surface area contributed by atoms with Crippen LogP contribution in [0.3, 0.4) is 0 Å². The number of amides is 1. The molecule has 132 valence electrons. The number of benzene rings is 1. The molecule has 1 fully saturated rings. The molecule has 2 N–H and O–H groups in total. The lowest BCUT2D eigenvalue weighted by atomic mass is 10.1. The summed E-state index contributed by atoms with van der Waals surface area (Å²) in [6.07, 6.45) is 1.56. The number of sulfone groups is 1. The predicted molar refractivity (Wildman–Crippen MR) is 92.4 cm³/mol. The van der Waals surface area contributed by atoms with E-state index in [4.69, 9.17) is 5.11 Å². The van der Waals surface area contributed by atoms with Crippen LogP contribution in [-0.4, -0.2) is 31.4 Å². The second kappa shape index (κ2) is 6.97. The van der Waals surface area contributed by atoms with Gasteiger partial charge in [0.25, 0.3) is 5.91 Å².